The molecule has 1 amide bonds. The highest BCUT2D eigenvalue weighted by atomic mass is 16.5. The van der Waals surface area contributed by atoms with E-state index < -0.39 is 6.04 Å². The van der Waals surface area contributed by atoms with Gasteiger partial charge in [-0.3, -0.25) is 9.89 Å². The van der Waals surface area contributed by atoms with E-state index in [1.165, 1.54) is 5.56 Å². The van der Waals surface area contributed by atoms with Gasteiger partial charge in [-0.1, -0.05) is 38.6 Å². The molecule has 1 aliphatic heterocycles. The van der Waals surface area contributed by atoms with E-state index >= 15 is 0 Å². The normalized spacial score (nSPS) is 16.6. The molecule has 0 fully saturated rings. The number of nitrogens with zero attached hydrogens (tertiary/aromatic N) is 2. The molecule has 2 heterocycles. The largest absolute Gasteiger partial charge is 0.489 e. The van der Waals surface area contributed by atoms with Gasteiger partial charge in [0, 0.05) is 12.4 Å². The standard InChI is InChI=1S/C22H24N4O2/c1-13(2)15-9-10-17-16(11-15)21(25-24-17)14(3)23-18-12-28-20-8-6-5-7-19(20)26(4)22(18)27/h5-11,13,18,23H,3,12H2,1-2,4H3,(H,24,25)/t18-/m0/s1. The Bertz CT molecular complexity index is 1050. The van der Waals surface area contributed by atoms with Gasteiger partial charge in [0.05, 0.1) is 16.9 Å². The second kappa shape index (κ2) is 7.03. The van der Waals surface area contributed by atoms with Crippen molar-refractivity contribution in [3.63, 3.8) is 0 Å². The SMILES string of the molecule is C=C(N[C@H]1COc2ccccc2N(C)C1=O)c1n[nH]c2ccc(C(C)C)cc12. The zero-order valence-electron chi connectivity index (χ0n) is 16.3. The number of para-hydroxylation sites is 2. The molecule has 1 atom stereocenters. The molecule has 1 aliphatic rings. The van der Waals surface area contributed by atoms with E-state index in [1.807, 2.05) is 30.3 Å². The maximum atomic E-state index is 12.9. The summed E-state index contributed by atoms with van der Waals surface area (Å²) < 4.78 is 5.86. The van der Waals surface area contributed by atoms with Crippen molar-refractivity contribution < 1.29 is 9.53 Å². The van der Waals surface area contributed by atoms with Crippen LogP contribution in [-0.2, 0) is 4.79 Å². The van der Waals surface area contributed by atoms with Crippen LogP contribution in [-0.4, -0.2) is 35.8 Å². The van der Waals surface area contributed by atoms with E-state index in [9.17, 15) is 4.79 Å². The van der Waals surface area contributed by atoms with E-state index in [0.29, 0.717) is 17.4 Å². The van der Waals surface area contributed by atoms with Gasteiger partial charge in [0.1, 0.15) is 24.1 Å². The number of fused-ring (bicyclic) bond motifs is 2. The summed E-state index contributed by atoms with van der Waals surface area (Å²) in [6.07, 6.45) is 0. The van der Waals surface area contributed by atoms with Gasteiger partial charge in [0.15, 0.2) is 0 Å². The summed E-state index contributed by atoms with van der Waals surface area (Å²) in [6, 6.07) is 13.2. The third-order valence-electron chi connectivity index (χ3n) is 5.15. The fourth-order valence-corrected chi connectivity index (χ4v) is 3.46. The number of aromatic nitrogens is 2. The van der Waals surface area contributed by atoms with Crippen LogP contribution in [0.5, 0.6) is 5.75 Å². The number of carbonyl (C=O) groups is 1. The van der Waals surface area contributed by atoms with Gasteiger partial charge in [-0.25, -0.2) is 0 Å². The van der Waals surface area contributed by atoms with Crippen LogP contribution in [0.4, 0.5) is 5.69 Å². The Morgan fingerprint density at radius 3 is 2.89 bits per heavy atom. The maximum Gasteiger partial charge on any atom is 0.252 e. The summed E-state index contributed by atoms with van der Waals surface area (Å²) in [5.74, 6) is 1.03. The maximum absolute atomic E-state index is 12.9. The van der Waals surface area contributed by atoms with Crippen molar-refractivity contribution in [2.75, 3.05) is 18.6 Å². The molecule has 0 unspecified atom stereocenters. The van der Waals surface area contributed by atoms with Crippen LogP contribution >= 0.6 is 0 Å². The Morgan fingerprint density at radius 2 is 2.11 bits per heavy atom. The van der Waals surface area contributed by atoms with Gasteiger partial charge >= 0.3 is 0 Å². The lowest BCUT2D eigenvalue weighted by atomic mass is 10.0. The number of rotatable bonds is 4. The first kappa shape index (κ1) is 18.1. The Balaban J connectivity index is 1.60. The number of ether oxygens (including phenoxy) is 1. The fraction of sp³-hybridized carbons (Fsp3) is 0.273. The molecule has 1 aromatic heterocycles. The molecule has 0 radical (unpaired) electrons. The Hall–Kier alpha value is -3.28. The molecule has 0 saturated carbocycles. The van der Waals surface area contributed by atoms with Crippen molar-refractivity contribution in [1.29, 1.82) is 0 Å². The van der Waals surface area contributed by atoms with Crippen LogP contribution < -0.4 is 15.0 Å². The van der Waals surface area contributed by atoms with E-state index in [0.717, 1.165) is 22.3 Å². The van der Waals surface area contributed by atoms with Gasteiger partial charge < -0.3 is 15.0 Å². The van der Waals surface area contributed by atoms with E-state index in [-0.39, 0.29) is 12.5 Å². The Morgan fingerprint density at radius 1 is 1.32 bits per heavy atom. The first-order chi connectivity index (χ1) is 13.5. The van der Waals surface area contributed by atoms with Gasteiger partial charge in [-0.2, -0.15) is 5.10 Å². The van der Waals surface area contributed by atoms with Crippen LogP contribution in [0.1, 0.15) is 31.0 Å². The number of hydrogen-bond donors (Lipinski definition) is 2. The number of amides is 1. The molecule has 2 N–H and O–H groups in total. The van der Waals surface area contributed by atoms with E-state index in [2.05, 4.69) is 48.1 Å². The summed E-state index contributed by atoms with van der Waals surface area (Å²) in [7, 11) is 1.76. The van der Waals surface area contributed by atoms with Gasteiger partial charge in [-0.05, 0) is 35.7 Å². The van der Waals surface area contributed by atoms with E-state index in [4.69, 9.17) is 4.74 Å². The molecular formula is C22H24N4O2. The molecule has 0 spiro atoms. The first-order valence-electron chi connectivity index (χ1n) is 9.39. The molecule has 28 heavy (non-hydrogen) atoms. The molecule has 6 heteroatoms. The third kappa shape index (κ3) is 3.11. The minimum absolute atomic E-state index is 0.0752. The summed E-state index contributed by atoms with van der Waals surface area (Å²) in [6.45, 7) is 8.67. The number of anilines is 1. The number of benzene rings is 2. The van der Waals surface area contributed by atoms with Crippen molar-refractivity contribution in [3.05, 3.63) is 60.3 Å². The molecule has 0 bridgehead atoms. The number of hydrogen-bond acceptors (Lipinski definition) is 4. The Labute approximate surface area is 164 Å². The summed E-state index contributed by atoms with van der Waals surface area (Å²) >= 11 is 0. The topological polar surface area (TPSA) is 70.2 Å². The summed E-state index contributed by atoms with van der Waals surface area (Å²) in [4.78, 5) is 14.6. The highest BCUT2D eigenvalue weighted by Gasteiger charge is 2.30. The first-order valence-corrected chi connectivity index (χ1v) is 9.39. The molecule has 3 aromatic rings. The number of carbonyl (C=O) groups excluding carboxylic acids is 1. The fourth-order valence-electron chi connectivity index (χ4n) is 3.46. The predicted molar refractivity (Wildman–Crippen MR) is 111 cm³/mol. The molecular weight excluding hydrogens is 352 g/mol. The smallest absolute Gasteiger partial charge is 0.252 e. The Kier molecular flexibility index (Phi) is 4.55. The second-order valence-corrected chi connectivity index (χ2v) is 7.38. The van der Waals surface area contributed by atoms with Gasteiger partial charge in [-0.15, -0.1) is 0 Å². The third-order valence-corrected chi connectivity index (χ3v) is 5.15. The average molecular weight is 376 g/mol. The molecule has 144 valence electrons. The predicted octanol–water partition coefficient (Wildman–Crippen LogP) is 3.67. The number of likely N-dealkylation sites (N-methyl/N-ethyl adjacent to an activating group) is 1. The van der Waals surface area contributed by atoms with Crippen molar-refractivity contribution in [1.82, 2.24) is 15.5 Å². The molecule has 6 nitrogen and oxygen atoms in total. The van der Waals surface area contributed by atoms with Crippen LogP contribution in [0.25, 0.3) is 16.6 Å². The van der Waals surface area contributed by atoms with E-state index in [1.54, 1.807) is 11.9 Å². The molecule has 0 saturated heterocycles. The monoisotopic (exact) mass is 376 g/mol. The average Bonchev–Trinajstić information content (AvgIpc) is 3.08. The minimum Gasteiger partial charge on any atom is -0.489 e. The number of nitrogens with one attached hydrogen (secondary N) is 2. The highest BCUT2D eigenvalue weighted by Crippen LogP contribution is 2.30. The van der Waals surface area contributed by atoms with Crippen molar-refractivity contribution >= 4 is 28.2 Å². The second-order valence-electron chi connectivity index (χ2n) is 7.38. The van der Waals surface area contributed by atoms with Crippen LogP contribution in [0.3, 0.4) is 0 Å². The highest BCUT2D eigenvalue weighted by molar-refractivity contribution is 6.00. The summed E-state index contributed by atoms with van der Waals surface area (Å²) in [5.41, 5.74) is 4.24. The molecule has 2 aromatic carbocycles. The van der Waals surface area contributed by atoms with Crippen LogP contribution in [0.15, 0.2) is 49.0 Å². The number of H-pyrrole nitrogens is 1. The quantitative estimate of drug-likeness (QED) is 0.729. The van der Waals surface area contributed by atoms with Gasteiger partial charge in [0.2, 0.25) is 0 Å². The lowest BCUT2D eigenvalue weighted by Crippen LogP contribution is -2.46. The molecule has 0 aliphatic carbocycles. The lowest BCUT2D eigenvalue weighted by molar-refractivity contribution is -0.120. The molecule has 4 rings (SSSR count). The van der Waals surface area contributed by atoms with Crippen molar-refractivity contribution in [2.24, 2.45) is 0 Å². The van der Waals surface area contributed by atoms with Crippen molar-refractivity contribution in [2.45, 2.75) is 25.8 Å². The summed E-state index contributed by atoms with van der Waals surface area (Å²) in [5, 5.41) is 11.7. The number of aromatic amines is 1. The van der Waals surface area contributed by atoms with Gasteiger partial charge in [0.25, 0.3) is 5.91 Å². The lowest BCUT2D eigenvalue weighted by Gasteiger charge is -2.21. The van der Waals surface area contributed by atoms with Crippen LogP contribution in [0, 0.1) is 0 Å². The zero-order valence-corrected chi connectivity index (χ0v) is 16.3. The minimum atomic E-state index is -0.551. The van der Waals surface area contributed by atoms with Crippen molar-refractivity contribution in [3.8, 4) is 5.75 Å². The zero-order chi connectivity index (χ0) is 19.8. The van der Waals surface area contributed by atoms with Crippen LogP contribution in [0.2, 0.25) is 0 Å².